The molecular weight excluding hydrogens is 228 g/mol. The molecular formula is C12H12N6. The van der Waals surface area contributed by atoms with Crippen molar-refractivity contribution in [3.8, 4) is 0 Å². The summed E-state index contributed by atoms with van der Waals surface area (Å²) in [5.74, 6) is 0.744. The maximum Gasteiger partial charge on any atom is 0.182 e. The summed E-state index contributed by atoms with van der Waals surface area (Å²) < 4.78 is 0. The van der Waals surface area contributed by atoms with Gasteiger partial charge >= 0.3 is 0 Å². The summed E-state index contributed by atoms with van der Waals surface area (Å²) in [6.07, 6.45) is 6.71. The van der Waals surface area contributed by atoms with Crippen molar-refractivity contribution in [1.29, 1.82) is 0 Å². The first-order chi connectivity index (χ1) is 8.84. The van der Waals surface area contributed by atoms with Gasteiger partial charge in [-0.25, -0.2) is 15.0 Å². The minimum absolute atomic E-state index is 0.111. The van der Waals surface area contributed by atoms with Crippen molar-refractivity contribution in [2.75, 3.05) is 5.32 Å². The van der Waals surface area contributed by atoms with Crippen LogP contribution in [0.5, 0.6) is 0 Å². The second-order valence-electron chi connectivity index (χ2n) is 3.98. The van der Waals surface area contributed by atoms with Crippen LogP contribution in [-0.4, -0.2) is 24.9 Å². The third-order valence-corrected chi connectivity index (χ3v) is 2.76. The van der Waals surface area contributed by atoms with Crippen LogP contribution in [0.25, 0.3) is 11.2 Å². The molecule has 0 fully saturated rings. The van der Waals surface area contributed by atoms with Crippen molar-refractivity contribution in [3.63, 3.8) is 0 Å². The Morgan fingerprint density at radius 1 is 1.28 bits per heavy atom. The van der Waals surface area contributed by atoms with Crippen molar-refractivity contribution < 1.29 is 0 Å². The normalized spacial score (nSPS) is 12.5. The van der Waals surface area contributed by atoms with Gasteiger partial charge in [0.1, 0.15) is 11.8 Å². The molecule has 0 spiro atoms. The SMILES string of the molecule is CC(Nc1ncnc2nc[nH]c12)c1cccnc1. The smallest absolute Gasteiger partial charge is 0.182 e. The predicted molar refractivity (Wildman–Crippen MR) is 68.0 cm³/mol. The van der Waals surface area contributed by atoms with E-state index >= 15 is 0 Å². The summed E-state index contributed by atoms with van der Waals surface area (Å²) >= 11 is 0. The molecule has 0 bridgehead atoms. The zero-order chi connectivity index (χ0) is 12.4. The number of H-pyrrole nitrogens is 1. The van der Waals surface area contributed by atoms with E-state index in [9.17, 15) is 0 Å². The van der Waals surface area contributed by atoms with Gasteiger partial charge in [0.15, 0.2) is 11.5 Å². The van der Waals surface area contributed by atoms with Crippen molar-refractivity contribution in [1.82, 2.24) is 24.9 Å². The molecule has 0 radical (unpaired) electrons. The van der Waals surface area contributed by atoms with Crippen LogP contribution in [0.3, 0.4) is 0 Å². The van der Waals surface area contributed by atoms with Crippen molar-refractivity contribution in [2.24, 2.45) is 0 Å². The van der Waals surface area contributed by atoms with Gasteiger partial charge in [-0.05, 0) is 18.6 Å². The topological polar surface area (TPSA) is 79.4 Å². The van der Waals surface area contributed by atoms with Gasteiger partial charge in [-0.3, -0.25) is 4.98 Å². The van der Waals surface area contributed by atoms with Crippen molar-refractivity contribution >= 4 is 17.0 Å². The molecule has 18 heavy (non-hydrogen) atoms. The first-order valence-corrected chi connectivity index (χ1v) is 5.65. The fourth-order valence-corrected chi connectivity index (χ4v) is 1.80. The third-order valence-electron chi connectivity index (χ3n) is 2.76. The molecule has 1 atom stereocenters. The van der Waals surface area contributed by atoms with Gasteiger partial charge in [-0.15, -0.1) is 0 Å². The Morgan fingerprint density at radius 2 is 2.22 bits per heavy atom. The molecule has 3 heterocycles. The molecule has 0 aliphatic heterocycles. The van der Waals surface area contributed by atoms with E-state index in [1.165, 1.54) is 6.33 Å². The van der Waals surface area contributed by atoms with Gasteiger partial charge in [-0.2, -0.15) is 0 Å². The largest absolute Gasteiger partial charge is 0.362 e. The number of fused-ring (bicyclic) bond motifs is 1. The highest BCUT2D eigenvalue weighted by Gasteiger charge is 2.10. The number of hydrogen-bond donors (Lipinski definition) is 2. The van der Waals surface area contributed by atoms with Crippen molar-refractivity contribution in [2.45, 2.75) is 13.0 Å². The van der Waals surface area contributed by atoms with Crippen LogP contribution in [0.1, 0.15) is 18.5 Å². The van der Waals surface area contributed by atoms with Gasteiger partial charge in [0.2, 0.25) is 0 Å². The van der Waals surface area contributed by atoms with Crippen LogP contribution in [0, 0.1) is 0 Å². The van der Waals surface area contributed by atoms with Crippen LogP contribution in [0.4, 0.5) is 5.82 Å². The number of anilines is 1. The first-order valence-electron chi connectivity index (χ1n) is 5.65. The molecule has 1 unspecified atom stereocenters. The lowest BCUT2D eigenvalue weighted by Gasteiger charge is -2.14. The number of aromatic nitrogens is 5. The summed E-state index contributed by atoms with van der Waals surface area (Å²) in [7, 11) is 0. The fourth-order valence-electron chi connectivity index (χ4n) is 1.80. The monoisotopic (exact) mass is 240 g/mol. The molecule has 0 saturated carbocycles. The van der Waals surface area contributed by atoms with Crippen LogP contribution >= 0.6 is 0 Å². The fraction of sp³-hybridized carbons (Fsp3) is 0.167. The van der Waals surface area contributed by atoms with E-state index in [0.717, 1.165) is 16.9 Å². The van der Waals surface area contributed by atoms with Crippen molar-refractivity contribution in [3.05, 3.63) is 42.7 Å². The molecule has 0 aliphatic carbocycles. The van der Waals surface area contributed by atoms with Crippen LogP contribution in [0.2, 0.25) is 0 Å². The minimum Gasteiger partial charge on any atom is -0.362 e. The molecule has 6 nitrogen and oxygen atoms in total. The molecule has 90 valence electrons. The van der Waals surface area contributed by atoms with E-state index in [0.29, 0.717) is 5.65 Å². The number of nitrogens with zero attached hydrogens (tertiary/aromatic N) is 4. The van der Waals surface area contributed by atoms with Crippen LogP contribution in [-0.2, 0) is 0 Å². The summed E-state index contributed by atoms with van der Waals surface area (Å²) in [5, 5.41) is 3.32. The second kappa shape index (κ2) is 4.40. The second-order valence-corrected chi connectivity index (χ2v) is 3.98. The van der Waals surface area contributed by atoms with Gasteiger partial charge < -0.3 is 10.3 Å². The van der Waals surface area contributed by atoms with Crippen LogP contribution in [0.15, 0.2) is 37.2 Å². The summed E-state index contributed by atoms with van der Waals surface area (Å²) in [6, 6.07) is 4.05. The Kier molecular flexibility index (Phi) is 2.60. The lowest BCUT2D eigenvalue weighted by Crippen LogP contribution is -2.08. The Hall–Kier alpha value is -2.50. The predicted octanol–water partition coefficient (Wildman–Crippen LogP) is 1.92. The van der Waals surface area contributed by atoms with E-state index in [2.05, 4.69) is 37.2 Å². The van der Waals surface area contributed by atoms with E-state index in [4.69, 9.17) is 0 Å². The van der Waals surface area contributed by atoms with E-state index in [1.54, 1.807) is 12.5 Å². The lowest BCUT2D eigenvalue weighted by atomic mass is 10.1. The molecule has 0 aromatic carbocycles. The zero-order valence-electron chi connectivity index (χ0n) is 9.83. The molecule has 6 heteroatoms. The highest BCUT2D eigenvalue weighted by molar-refractivity contribution is 5.82. The average Bonchev–Trinajstić information content (AvgIpc) is 2.89. The molecule has 2 N–H and O–H groups in total. The Morgan fingerprint density at radius 3 is 3.06 bits per heavy atom. The maximum absolute atomic E-state index is 4.23. The number of nitrogens with one attached hydrogen (secondary N) is 2. The number of imidazole rings is 1. The van der Waals surface area contributed by atoms with E-state index < -0.39 is 0 Å². The van der Waals surface area contributed by atoms with Gasteiger partial charge in [0.25, 0.3) is 0 Å². The van der Waals surface area contributed by atoms with Gasteiger partial charge in [-0.1, -0.05) is 6.07 Å². The lowest BCUT2D eigenvalue weighted by molar-refractivity contribution is 0.866. The summed E-state index contributed by atoms with van der Waals surface area (Å²) in [6.45, 7) is 2.06. The molecule has 0 saturated heterocycles. The standard InChI is InChI=1S/C12H12N6/c1-8(9-3-2-4-13-5-9)18-12-10-11(15-6-14-10)16-7-17-12/h2-8H,1H3,(H2,14,15,16,17,18). The Bertz CT molecular complexity index is 648. The Labute approximate surface area is 104 Å². The Balaban J connectivity index is 1.91. The highest BCUT2D eigenvalue weighted by Crippen LogP contribution is 2.20. The molecule has 0 amide bonds. The average molecular weight is 240 g/mol. The molecule has 3 aromatic heterocycles. The van der Waals surface area contributed by atoms with Gasteiger partial charge in [0, 0.05) is 12.4 Å². The zero-order valence-corrected chi connectivity index (χ0v) is 9.83. The molecule has 3 rings (SSSR count). The number of hydrogen-bond acceptors (Lipinski definition) is 5. The number of rotatable bonds is 3. The molecule has 3 aromatic rings. The van der Waals surface area contributed by atoms with E-state index in [1.807, 2.05) is 18.3 Å². The summed E-state index contributed by atoms with van der Waals surface area (Å²) in [4.78, 5) is 19.5. The molecule has 0 aliphatic rings. The van der Waals surface area contributed by atoms with Crippen LogP contribution < -0.4 is 5.32 Å². The highest BCUT2D eigenvalue weighted by atomic mass is 15.1. The number of aromatic amines is 1. The third kappa shape index (κ3) is 1.88. The summed E-state index contributed by atoms with van der Waals surface area (Å²) in [5.41, 5.74) is 2.57. The van der Waals surface area contributed by atoms with Gasteiger partial charge in [0.05, 0.1) is 12.4 Å². The quantitative estimate of drug-likeness (QED) is 0.731. The first kappa shape index (κ1) is 10.6. The number of pyridine rings is 1. The van der Waals surface area contributed by atoms with E-state index in [-0.39, 0.29) is 6.04 Å². The minimum atomic E-state index is 0.111. The maximum atomic E-state index is 4.23.